The average molecular weight is 430 g/mol. The van der Waals surface area contributed by atoms with Crippen LogP contribution >= 0.6 is 11.6 Å². The van der Waals surface area contributed by atoms with E-state index in [9.17, 15) is 0 Å². The zero-order valence-electron chi connectivity index (χ0n) is 17.2. The first-order valence-electron chi connectivity index (χ1n) is 9.97. The highest BCUT2D eigenvalue weighted by Gasteiger charge is 2.28. The number of likely N-dealkylation sites (tertiary alicyclic amines) is 1. The summed E-state index contributed by atoms with van der Waals surface area (Å²) in [7, 11) is 1.84. The van der Waals surface area contributed by atoms with Gasteiger partial charge in [-0.1, -0.05) is 31.4 Å². The van der Waals surface area contributed by atoms with E-state index >= 15 is 0 Å². The Balaban J connectivity index is 0.000000612. The van der Waals surface area contributed by atoms with Gasteiger partial charge in [-0.2, -0.15) is 0 Å². The maximum Gasteiger partial charge on any atom is 0.414 e. The fourth-order valence-corrected chi connectivity index (χ4v) is 3.40. The van der Waals surface area contributed by atoms with Crippen molar-refractivity contribution >= 4 is 23.5 Å². The van der Waals surface area contributed by atoms with Gasteiger partial charge in [0.1, 0.15) is 5.75 Å². The van der Waals surface area contributed by atoms with Gasteiger partial charge >= 0.3 is 11.9 Å². The number of hydrogen-bond acceptors (Lipinski definition) is 5. The van der Waals surface area contributed by atoms with Crippen molar-refractivity contribution in [2.24, 2.45) is 5.92 Å². The van der Waals surface area contributed by atoms with Crippen LogP contribution in [-0.4, -0.2) is 66.5 Å². The molecule has 0 aliphatic carbocycles. The molecular formula is C21H32ClNO6. The van der Waals surface area contributed by atoms with Gasteiger partial charge in [-0.3, -0.25) is 0 Å². The molecule has 0 amide bonds. The summed E-state index contributed by atoms with van der Waals surface area (Å²) in [6.07, 6.45) is 6.49. The zero-order chi connectivity index (χ0) is 21.6. The molecule has 1 heterocycles. The molecule has 8 heteroatoms. The van der Waals surface area contributed by atoms with Crippen LogP contribution in [0, 0.1) is 5.92 Å². The predicted octanol–water partition coefficient (Wildman–Crippen LogP) is 3.79. The Morgan fingerprint density at radius 2 is 1.83 bits per heavy atom. The highest BCUT2D eigenvalue weighted by Crippen LogP contribution is 2.24. The quantitative estimate of drug-likeness (QED) is 0.455. The van der Waals surface area contributed by atoms with Gasteiger partial charge in [0.05, 0.1) is 12.7 Å². The van der Waals surface area contributed by atoms with Crippen molar-refractivity contribution in [2.75, 3.05) is 33.4 Å². The molecule has 1 saturated heterocycles. The lowest BCUT2D eigenvalue weighted by Crippen LogP contribution is -2.45. The van der Waals surface area contributed by atoms with E-state index in [-0.39, 0.29) is 0 Å². The monoisotopic (exact) mass is 429 g/mol. The molecule has 2 N–H and O–H groups in total. The van der Waals surface area contributed by atoms with Crippen molar-refractivity contribution in [2.45, 2.75) is 45.1 Å². The van der Waals surface area contributed by atoms with Crippen LogP contribution in [0.5, 0.6) is 5.75 Å². The Bertz CT molecular complexity index is 598. The summed E-state index contributed by atoms with van der Waals surface area (Å²) in [4.78, 5) is 20.8. The number of carboxylic acids is 2. The predicted molar refractivity (Wildman–Crippen MR) is 112 cm³/mol. The van der Waals surface area contributed by atoms with Crippen LogP contribution in [0.1, 0.15) is 39.0 Å². The minimum atomic E-state index is -1.82. The van der Waals surface area contributed by atoms with Crippen molar-refractivity contribution in [1.82, 2.24) is 4.90 Å². The number of benzene rings is 1. The summed E-state index contributed by atoms with van der Waals surface area (Å²) in [6, 6.07) is 7.58. The van der Waals surface area contributed by atoms with Crippen molar-refractivity contribution in [3.8, 4) is 5.75 Å². The van der Waals surface area contributed by atoms with E-state index in [1.165, 1.54) is 38.8 Å². The van der Waals surface area contributed by atoms with Crippen LogP contribution in [-0.2, 0) is 14.3 Å². The van der Waals surface area contributed by atoms with Crippen molar-refractivity contribution < 1.29 is 29.3 Å². The molecule has 0 saturated carbocycles. The van der Waals surface area contributed by atoms with Gasteiger partial charge in [-0.25, -0.2) is 9.59 Å². The molecule has 164 valence electrons. The molecule has 0 bridgehead atoms. The summed E-state index contributed by atoms with van der Waals surface area (Å²) in [5, 5.41) is 15.5. The van der Waals surface area contributed by atoms with Gasteiger partial charge in [0.2, 0.25) is 0 Å². The second kappa shape index (κ2) is 14.2. The first-order valence-corrected chi connectivity index (χ1v) is 10.3. The van der Waals surface area contributed by atoms with Gasteiger partial charge in [0.15, 0.2) is 0 Å². The molecule has 1 aliphatic heterocycles. The molecule has 29 heavy (non-hydrogen) atoms. The van der Waals surface area contributed by atoms with E-state index < -0.39 is 11.9 Å². The summed E-state index contributed by atoms with van der Waals surface area (Å²) in [5.41, 5.74) is 0. The highest BCUT2D eigenvalue weighted by atomic mass is 35.5. The number of piperidine rings is 1. The molecule has 2 atom stereocenters. The largest absolute Gasteiger partial charge is 0.494 e. The Morgan fingerprint density at radius 1 is 1.17 bits per heavy atom. The molecule has 0 radical (unpaired) electrons. The minimum absolute atomic E-state index is 0.333. The maximum absolute atomic E-state index is 9.10. The van der Waals surface area contributed by atoms with Gasteiger partial charge in [-0.15, -0.1) is 0 Å². The smallest absolute Gasteiger partial charge is 0.414 e. The van der Waals surface area contributed by atoms with E-state index in [4.69, 9.17) is 40.9 Å². The second-order valence-corrected chi connectivity index (χ2v) is 7.47. The van der Waals surface area contributed by atoms with Crippen molar-refractivity contribution in [3.63, 3.8) is 0 Å². The topological polar surface area (TPSA) is 96.3 Å². The number of halogens is 1. The Labute approximate surface area is 177 Å². The normalized spacial score (nSPS) is 19.1. The molecule has 0 spiro atoms. The fraction of sp³-hybridized carbons (Fsp3) is 0.619. The lowest BCUT2D eigenvalue weighted by atomic mass is 9.91. The van der Waals surface area contributed by atoms with Gasteiger partial charge < -0.3 is 24.6 Å². The standard InChI is InChI=1S/C19H30ClNO2.C2H2O4/c1-3-4-5-12-21-13-10-16(19(15-21)22-2)11-14-23-18-8-6-17(20)7-9-18;3-1(4)2(5)6/h6-9,16,19H,3-5,10-15H2,1-2H3;(H,3,4)(H,5,6)/t16-,19+;/m1./s1. The van der Waals surface area contributed by atoms with Crippen LogP contribution in [0.4, 0.5) is 0 Å². The lowest BCUT2D eigenvalue weighted by Gasteiger charge is -2.37. The Morgan fingerprint density at radius 3 is 2.38 bits per heavy atom. The highest BCUT2D eigenvalue weighted by molar-refractivity contribution is 6.30. The van der Waals surface area contributed by atoms with E-state index in [0.29, 0.717) is 12.0 Å². The van der Waals surface area contributed by atoms with E-state index in [2.05, 4.69) is 11.8 Å². The number of aliphatic carboxylic acids is 2. The van der Waals surface area contributed by atoms with E-state index in [1.54, 1.807) is 0 Å². The molecule has 1 aromatic carbocycles. The molecule has 1 aromatic rings. The van der Waals surface area contributed by atoms with Crippen molar-refractivity contribution in [1.29, 1.82) is 0 Å². The summed E-state index contributed by atoms with van der Waals surface area (Å²) < 4.78 is 11.6. The maximum atomic E-state index is 9.10. The molecule has 2 rings (SSSR count). The van der Waals surface area contributed by atoms with E-state index in [0.717, 1.165) is 30.3 Å². The van der Waals surface area contributed by atoms with E-state index in [1.807, 2.05) is 31.4 Å². The first-order chi connectivity index (χ1) is 13.9. The summed E-state index contributed by atoms with van der Waals surface area (Å²) >= 11 is 5.89. The zero-order valence-corrected chi connectivity index (χ0v) is 17.9. The summed E-state index contributed by atoms with van der Waals surface area (Å²) in [5.74, 6) is -2.17. The number of hydrogen-bond donors (Lipinski definition) is 2. The fourth-order valence-electron chi connectivity index (χ4n) is 3.27. The third kappa shape index (κ3) is 10.5. The number of ether oxygens (including phenoxy) is 2. The molecule has 1 aliphatic rings. The number of methoxy groups -OCH3 is 1. The molecular weight excluding hydrogens is 398 g/mol. The molecule has 0 unspecified atom stereocenters. The summed E-state index contributed by atoms with van der Waals surface area (Å²) in [6.45, 7) is 6.45. The van der Waals surface area contributed by atoms with Gasteiger partial charge in [0, 0.05) is 18.7 Å². The molecule has 7 nitrogen and oxygen atoms in total. The van der Waals surface area contributed by atoms with Crippen LogP contribution in [0.25, 0.3) is 0 Å². The third-order valence-corrected chi connectivity index (χ3v) is 5.17. The first kappa shape index (κ1) is 25.2. The average Bonchev–Trinajstić information content (AvgIpc) is 2.71. The number of nitrogens with zero attached hydrogens (tertiary/aromatic N) is 1. The molecule has 1 fully saturated rings. The Hall–Kier alpha value is -1.83. The SMILES string of the molecule is CCCCCN1CC[C@H](CCOc2ccc(Cl)cc2)[C@@H](OC)C1.O=C(O)C(=O)O. The second-order valence-electron chi connectivity index (χ2n) is 7.03. The van der Waals surface area contributed by atoms with Crippen LogP contribution < -0.4 is 4.74 Å². The number of carbonyl (C=O) groups is 2. The van der Waals surface area contributed by atoms with Crippen LogP contribution in [0.15, 0.2) is 24.3 Å². The lowest BCUT2D eigenvalue weighted by molar-refractivity contribution is -0.159. The number of rotatable bonds is 9. The molecule has 0 aromatic heterocycles. The number of carboxylic acid groups (broad SMARTS) is 2. The van der Waals surface area contributed by atoms with Gasteiger partial charge in [0.25, 0.3) is 0 Å². The van der Waals surface area contributed by atoms with Crippen LogP contribution in [0.2, 0.25) is 5.02 Å². The van der Waals surface area contributed by atoms with Crippen molar-refractivity contribution in [3.05, 3.63) is 29.3 Å². The van der Waals surface area contributed by atoms with Gasteiger partial charge in [-0.05, 0) is 62.5 Å². The number of unbranched alkanes of at least 4 members (excludes halogenated alkanes) is 2. The Kier molecular flexibility index (Phi) is 12.3. The third-order valence-electron chi connectivity index (χ3n) is 4.91. The minimum Gasteiger partial charge on any atom is -0.494 e. The van der Waals surface area contributed by atoms with Crippen LogP contribution in [0.3, 0.4) is 0 Å².